The Balaban J connectivity index is 1.34. The number of nitrogens with one attached hydrogen (secondary N) is 3. The van der Waals surface area contributed by atoms with Gasteiger partial charge in [-0.2, -0.15) is 0 Å². The molecule has 2 aromatic carbocycles. The predicted molar refractivity (Wildman–Crippen MR) is 183 cm³/mol. The van der Waals surface area contributed by atoms with Crippen molar-refractivity contribution in [1.29, 1.82) is 10.8 Å². The summed E-state index contributed by atoms with van der Waals surface area (Å²) in [6.45, 7) is 8.83. The summed E-state index contributed by atoms with van der Waals surface area (Å²) in [7, 11) is 0. The van der Waals surface area contributed by atoms with Gasteiger partial charge in [0.25, 0.3) is 5.91 Å². The number of ether oxygens (including phenoxy) is 1. The fourth-order valence-corrected chi connectivity index (χ4v) is 7.54. The summed E-state index contributed by atoms with van der Waals surface area (Å²) >= 11 is 1.16. The van der Waals surface area contributed by atoms with Crippen molar-refractivity contribution in [2.75, 3.05) is 19.6 Å². The van der Waals surface area contributed by atoms with Gasteiger partial charge in [0.05, 0.1) is 11.1 Å². The number of benzene rings is 2. The van der Waals surface area contributed by atoms with Crippen LogP contribution in [0, 0.1) is 16.7 Å². The van der Waals surface area contributed by atoms with Gasteiger partial charge in [0.1, 0.15) is 16.5 Å². The van der Waals surface area contributed by atoms with Gasteiger partial charge < -0.3 is 19.9 Å². The summed E-state index contributed by atoms with van der Waals surface area (Å²) < 4.78 is 6.49. The first-order valence-electron chi connectivity index (χ1n) is 16.8. The number of hydrogen-bond acceptors (Lipinski definition) is 7. The third kappa shape index (κ3) is 8.36. The van der Waals surface area contributed by atoms with Crippen molar-refractivity contribution in [2.24, 2.45) is 5.92 Å². The minimum absolute atomic E-state index is 0.0733. The molecule has 3 aliphatic rings. The van der Waals surface area contributed by atoms with E-state index < -0.39 is 0 Å². The Morgan fingerprint density at radius 1 is 0.978 bits per heavy atom. The van der Waals surface area contributed by atoms with E-state index in [-0.39, 0.29) is 29.8 Å². The molecule has 0 spiro atoms. The van der Waals surface area contributed by atoms with Crippen LogP contribution >= 0.6 is 11.8 Å². The van der Waals surface area contributed by atoms with E-state index in [2.05, 4.69) is 17.1 Å². The molecule has 3 N–H and O–H groups in total. The molecule has 2 amide bonds. The van der Waals surface area contributed by atoms with Gasteiger partial charge in [-0.3, -0.25) is 20.4 Å². The van der Waals surface area contributed by atoms with Crippen molar-refractivity contribution >= 4 is 33.7 Å². The fraction of sp³-hybridized carbons (Fsp3) is 0.556. The van der Waals surface area contributed by atoms with Crippen LogP contribution in [0.4, 0.5) is 0 Å². The van der Waals surface area contributed by atoms with Gasteiger partial charge in [0.2, 0.25) is 5.91 Å². The van der Waals surface area contributed by atoms with Crippen LogP contribution in [0.3, 0.4) is 0 Å². The predicted octanol–water partition coefficient (Wildman–Crippen LogP) is 7.77. The van der Waals surface area contributed by atoms with Crippen LogP contribution in [0.25, 0.3) is 0 Å². The Bertz CT molecular complexity index is 1360. The maximum Gasteiger partial charge on any atom is 0.251 e. The highest BCUT2D eigenvalue weighted by atomic mass is 32.2. The lowest BCUT2D eigenvalue weighted by Crippen LogP contribution is -2.47. The second-order valence-electron chi connectivity index (χ2n) is 13.0. The molecular weight excluding hydrogens is 582 g/mol. The molecule has 1 atom stereocenters. The second kappa shape index (κ2) is 15.4. The molecule has 0 aromatic heterocycles. The molecule has 1 unspecified atom stereocenters. The quantitative estimate of drug-likeness (QED) is 0.173. The number of piperidine rings is 1. The third-order valence-corrected chi connectivity index (χ3v) is 10.6. The van der Waals surface area contributed by atoms with Crippen LogP contribution in [0.5, 0.6) is 11.5 Å². The molecule has 0 bridgehead atoms. The lowest BCUT2D eigenvalue weighted by molar-refractivity contribution is -0.130. The number of carbonyl (C=O) groups excluding carboxylic acids is 2. The highest BCUT2D eigenvalue weighted by Gasteiger charge is 2.32. The molecule has 1 saturated carbocycles. The number of nitrogens with zero attached hydrogens (tertiary/aromatic N) is 2. The Hall–Kier alpha value is -3.17. The van der Waals surface area contributed by atoms with Crippen molar-refractivity contribution in [3.63, 3.8) is 0 Å². The van der Waals surface area contributed by atoms with Crippen LogP contribution in [0.2, 0.25) is 0 Å². The molecule has 242 valence electrons. The summed E-state index contributed by atoms with van der Waals surface area (Å²) in [4.78, 5) is 31.0. The van der Waals surface area contributed by atoms with Gasteiger partial charge in [0.15, 0.2) is 0 Å². The van der Waals surface area contributed by atoms with E-state index in [4.69, 9.17) is 15.6 Å². The van der Waals surface area contributed by atoms with Crippen molar-refractivity contribution in [3.05, 3.63) is 59.2 Å². The van der Waals surface area contributed by atoms with Crippen molar-refractivity contribution in [2.45, 2.75) is 103 Å². The second-order valence-corrected chi connectivity index (χ2v) is 14.1. The summed E-state index contributed by atoms with van der Waals surface area (Å²) in [5, 5.41) is 20.6. The van der Waals surface area contributed by atoms with Gasteiger partial charge in [-0.15, -0.1) is 0 Å². The molecule has 1 aliphatic carbocycles. The Labute approximate surface area is 272 Å². The summed E-state index contributed by atoms with van der Waals surface area (Å²) in [5.41, 5.74) is 2.18. The number of likely N-dealkylation sites (tertiary alicyclic amines) is 2. The molecule has 3 fully saturated rings. The van der Waals surface area contributed by atoms with E-state index in [9.17, 15) is 9.59 Å². The monoisotopic (exact) mass is 631 g/mol. The van der Waals surface area contributed by atoms with Crippen molar-refractivity contribution < 1.29 is 14.3 Å². The largest absolute Gasteiger partial charge is 0.457 e. The van der Waals surface area contributed by atoms with Gasteiger partial charge in [-0.1, -0.05) is 57.9 Å². The zero-order valence-corrected chi connectivity index (χ0v) is 27.9. The smallest absolute Gasteiger partial charge is 0.251 e. The van der Waals surface area contributed by atoms with E-state index in [1.54, 1.807) is 0 Å². The molecule has 0 radical (unpaired) electrons. The summed E-state index contributed by atoms with van der Waals surface area (Å²) in [6, 6.07) is 13.8. The van der Waals surface area contributed by atoms with Crippen LogP contribution in [0.15, 0.2) is 42.5 Å². The Morgan fingerprint density at radius 3 is 2.29 bits per heavy atom. The first-order valence-corrected chi connectivity index (χ1v) is 17.7. The van der Waals surface area contributed by atoms with E-state index in [0.717, 1.165) is 80.7 Å². The van der Waals surface area contributed by atoms with Crippen LogP contribution in [-0.2, 0) is 4.79 Å². The van der Waals surface area contributed by atoms with E-state index >= 15 is 0 Å². The van der Waals surface area contributed by atoms with Crippen LogP contribution < -0.4 is 10.1 Å². The highest BCUT2D eigenvalue weighted by molar-refractivity contribution is 8.26. The van der Waals surface area contributed by atoms with Gasteiger partial charge in [-0.25, -0.2) is 0 Å². The molecule has 9 heteroatoms. The topological polar surface area (TPSA) is 110 Å². The maximum atomic E-state index is 13.5. The fourth-order valence-electron chi connectivity index (χ4n) is 6.83. The lowest BCUT2D eigenvalue weighted by atomic mass is 9.97. The first-order chi connectivity index (χ1) is 21.7. The molecule has 8 nitrogen and oxygen atoms in total. The van der Waals surface area contributed by atoms with Crippen molar-refractivity contribution in [1.82, 2.24) is 15.1 Å². The van der Waals surface area contributed by atoms with E-state index in [1.165, 1.54) is 25.7 Å². The van der Waals surface area contributed by atoms with Crippen LogP contribution in [0.1, 0.15) is 113 Å². The molecule has 2 aliphatic heterocycles. The number of amides is 2. The van der Waals surface area contributed by atoms with Gasteiger partial charge >= 0.3 is 0 Å². The number of hydrogen-bond donors (Lipinski definition) is 3. The zero-order chi connectivity index (χ0) is 31.9. The third-order valence-electron chi connectivity index (χ3n) is 9.47. The standard InChI is InChI=1S/C36H49N5O3S/c1-4-8-31(41-20-7-11-33(41)42)30-17-14-26(36(43)39-27-18-21-40(22-19-27)28-9-5-6-10-28)23-32(30)44-29-15-12-25(13-16-29)35(38)45-34(37)24(2)3/h12-17,23-24,27-28,31,37-38H,4-11,18-22H2,1-3H3,(H,39,43). The maximum absolute atomic E-state index is 13.5. The normalized spacial score (nSPS) is 18.8. The SMILES string of the molecule is CCCC(c1ccc(C(=O)NC2CCN(C3CCCC3)CC2)cc1Oc1ccc(C(=N)SC(=N)C(C)C)cc1)N1CCCC1=O. The molecular formula is C36H49N5O3S. The Kier molecular flexibility index (Phi) is 11.4. The van der Waals surface area contributed by atoms with E-state index in [0.29, 0.717) is 33.6 Å². The number of rotatable bonds is 11. The summed E-state index contributed by atoms with van der Waals surface area (Å²) in [5.74, 6) is 1.32. The molecule has 2 saturated heterocycles. The van der Waals surface area contributed by atoms with Crippen molar-refractivity contribution in [3.8, 4) is 11.5 Å². The number of carbonyl (C=O) groups is 2. The average Bonchev–Trinajstić information content (AvgIpc) is 3.73. The minimum Gasteiger partial charge on any atom is -0.457 e. The molecule has 5 rings (SSSR count). The number of thioether (sulfide) groups is 1. The van der Waals surface area contributed by atoms with Gasteiger partial charge in [0, 0.05) is 60.7 Å². The lowest BCUT2D eigenvalue weighted by Gasteiger charge is -2.36. The summed E-state index contributed by atoms with van der Waals surface area (Å²) in [6.07, 6.45) is 10.4. The molecule has 45 heavy (non-hydrogen) atoms. The van der Waals surface area contributed by atoms with Gasteiger partial charge in [-0.05, 0) is 74.9 Å². The first kappa shape index (κ1) is 33.2. The Morgan fingerprint density at radius 2 is 1.67 bits per heavy atom. The molecule has 2 heterocycles. The average molecular weight is 632 g/mol. The molecule has 2 aromatic rings. The highest BCUT2D eigenvalue weighted by Crippen LogP contribution is 2.38. The minimum atomic E-state index is -0.122. The van der Waals surface area contributed by atoms with Crippen LogP contribution in [-0.4, -0.2) is 63.4 Å². The zero-order valence-electron chi connectivity index (χ0n) is 27.1. The van der Waals surface area contributed by atoms with E-state index in [1.807, 2.05) is 61.2 Å².